The van der Waals surface area contributed by atoms with Gasteiger partial charge in [0.25, 0.3) is 0 Å². The van der Waals surface area contributed by atoms with Gasteiger partial charge in [-0.1, -0.05) is 50.6 Å². The van der Waals surface area contributed by atoms with Crippen LogP contribution in [0.3, 0.4) is 0 Å². The van der Waals surface area contributed by atoms with Crippen molar-refractivity contribution >= 4 is 29.7 Å². The maximum Gasteiger partial charge on any atom is 0.326 e. The highest BCUT2D eigenvalue weighted by atomic mass is 16.4. The van der Waals surface area contributed by atoms with Crippen LogP contribution in [0.5, 0.6) is 0 Å². The maximum absolute atomic E-state index is 13.4. The molecule has 0 aliphatic heterocycles. The van der Waals surface area contributed by atoms with Crippen LogP contribution in [0, 0.1) is 5.92 Å². The predicted molar refractivity (Wildman–Crippen MR) is 136 cm³/mol. The molecule has 1 aromatic heterocycles. The second-order valence-corrected chi connectivity index (χ2v) is 9.01. The molecule has 5 unspecified atom stereocenters. The van der Waals surface area contributed by atoms with E-state index >= 15 is 0 Å². The molecule has 0 fully saturated rings. The molecule has 0 saturated heterocycles. The first-order chi connectivity index (χ1) is 18.0. The zero-order valence-corrected chi connectivity index (χ0v) is 21.2. The smallest absolute Gasteiger partial charge is 0.326 e. The minimum Gasteiger partial charge on any atom is -0.481 e. The number of rotatable bonds is 15. The van der Waals surface area contributed by atoms with Gasteiger partial charge in [-0.3, -0.25) is 19.2 Å². The minimum atomic E-state index is -1.68. The predicted octanol–water partition coefficient (Wildman–Crippen LogP) is -0.418. The number of hydrogen-bond donors (Lipinski definition) is 7. The largest absolute Gasteiger partial charge is 0.481 e. The van der Waals surface area contributed by atoms with Gasteiger partial charge in [0.05, 0.1) is 18.8 Å². The maximum atomic E-state index is 13.4. The Bertz CT molecular complexity index is 1090. The minimum absolute atomic E-state index is 0.0980. The number of carboxylic acids is 2. The van der Waals surface area contributed by atoms with E-state index in [2.05, 4.69) is 25.9 Å². The van der Waals surface area contributed by atoms with Crippen LogP contribution in [0.4, 0.5) is 0 Å². The molecule has 8 N–H and O–H groups in total. The topological polar surface area (TPSA) is 217 Å². The quantitative estimate of drug-likeness (QED) is 0.159. The number of nitrogens with one attached hydrogen (secondary N) is 4. The summed E-state index contributed by atoms with van der Waals surface area (Å²) in [4.78, 5) is 68.4. The average molecular weight is 531 g/mol. The van der Waals surface area contributed by atoms with E-state index in [1.807, 2.05) is 0 Å². The number of carbonyl (C=O) groups excluding carboxylic acids is 3. The summed E-state index contributed by atoms with van der Waals surface area (Å²) < 4.78 is 0. The number of benzene rings is 1. The molecule has 0 spiro atoms. The lowest BCUT2D eigenvalue weighted by molar-refractivity contribution is -0.147. The Morgan fingerprint density at radius 1 is 0.947 bits per heavy atom. The van der Waals surface area contributed by atoms with Crippen LogP contribution in [0.25, 0.3) is 0 Å². The number of carbonyl (C=O) groups is 5. The molecule has 38 heavy (non-hydrogen) atoms. The Hall–Kier alpha value is -4.26. The monoisotopic (exact) mass is 530 g/mol. The van der Waals surface area contributed by atoms with Crippen molar-refractivity contribution in [3.63, 3.8) is 0 Å². The third-order valence-corrected chi connectivity index (χ3v) is 6.03. The molecule has 2 rings (SSSR count). The first-order valence-corrected chi connectivity index (χ1v) is 12.1. The van der Waals surface area contributed by atoms with Crippen LogP contribution in [-0.2, 0) is 36.8 Å². The van der Waals surface area contributed by atoms with Gasteiger partial charge in [-0.15, -0.1) is 0 Å². The van der Waals surface area contributed by atoms with Crippen molar-refractivity contribution in [2.75, 3.05) is 0 Å². The van der Waals surface area contributed by atoms with Gasteiger partial charge >= 0.3 is 11.9 Å². The van der Waals surface area contributed by atoms with Gasteiger partial charge < -0.3 is 36.9 Å². The first-order valence-electron chi connectivity index (χ1n) is 12.1. The molecule has 0 radical (unpaired) electrons. The van der Waals surface area contributed by atoms with Crippen molar-refractivity contribution < 1.29 is 34.2 Å². The number of carboxylic acid groups (broad SMARTS) is 2. The van der Waals surface area contributed by atoms with Crippen molar-refractivity contribution in [2.45, 2.75) is 63.7 Å². The lowest BCUT2D eigenvalue weighted by atomic mass is 9.96. The van der Waals surface area contributed by atoms with E-state index in [1.165, 1.54) is 12.5 Å². The van der Waals surface area contributed by atoms with E-state index in [4.69, 9.17) is 10.8 Å². The van der Waals surface area contributed by atoms with Gasteiger partial charge in [0.2, 0.25) is 17.7 Å². The Labute approximate surface area is 219 Å². The summed E-state index contributed by atoms with van der Waals surface area (Å²) in [5, 5.41) is 25.7. The van der Waals surface area contributed by atoms with Crippen LogP contribution in [0.1, 0.15) is 37.9 Å². The normalized spacial score (nSPS) is 14.8. The fourth-order valence-electron chi connectivity index (χ4n) is 3.66. The number of hydrogen-bond acceptors (Lipinski definition) is 7. The molecular formula is C25H34N6O7. The van der Waals surface area contributed by atoms with Crippen molar-refractivity contribution in [1.82, 2.24) is 25.9 Å². The van der Waals surface area contributed by atoms with Crippen molar-refractivity contribution in [1.29, 1.82) is 0 Å². The molecule has 2 aromatic rings. The van der Waals surface area contributed by atoms with Gasteiger partial charge in [-0.25, -0.2) is 9.78 Å². The van der Waals surface area contributed by atoms with Gasteiger partial charge in [0, 0.05) is 24.7 Å². The zero-order chi connectivity index (χ0) is 28.2. The van der Waals surface area contributed by atoms with Gasteiger partial charge in [0.1, 0.15) is 18.1 Å². The van der Waals surface area contributed by atoms with Gasteiger partial charge in [-0.2, -0.15) is 0 Å². The second kappa shape index (κ2) is 14.5. The molecule has 5 atom stereocenters. The number of H-pyrrole nitrogens is 1. The standard InChI is InChI=1S/C25H34N6O7/c1-3-14(2)21(24(36)30-19(25(37)38)11-20(32)33)31-23(35)18(9-15-7-5-4-6-8-15)29-22(34)17(26)10-16-12-27-13-28-16/h4-8,12-14,17-19,21H,3,9-11,26H2,1-2H3,(H,27,28)(H,29,34)(H,30,36)(H,31,35)(H,32,33)(H,37,38). The molecule has 1 aromatic carbocycles. The van der Waals surface area contributed by atoms with E-state index in [0.717, 1.165) is 5.56 Å². The van der Waals surface area contributed by atoms with E-state index in [-0.39, 0.29) is 12.8 Å². The number of imidazole rings is 1. The highest BCUT2D eigenvalue weighted by molar-refractivity contribution is 5.95. The highest BCUT2D eigenvalue weighted by Crippen LogP contribution is 2.11. The number of aromatic nitrogens is 2. The molecule has 13 nitrogen and oxygen atoms in total. The summed E-state index contributed by atoms with van der Waals surface area (Å²) in [6.45, 7) is 3.46. The Morgan fingerprint density at radius 2 is 1.61 bits per heavy atom. The number of aromatic amines is 1. The molecule has 3 amide bonds. The van der Waals surface area contributed by atoms with Gasteiger partial charge in [0.15, 0.2) is 0 Å². The Kier molecular flexibility index (Phi) is 11.4. The SMILES string of the molecule is CCC(C)C(NC(=O)C(Cc1ccccc1)NC(=O)C(N)Cc1cnc[nH]1)C(=O)NC(CC(=O)O)C(=O)O. The van der Waals surface area contributed by atoms with Gasteiger partial charge in [-0.05, 0) is 11.5 Å². The number of aliphatic carboxylic acids is 2. The molecule has 1 heterocycles. The van der Waals surface area contributed by atoms with Crippen molar-refractivity contribution in [3.8, 4) is 0 Å². The molecular weight excluding hydrogens is 496 g/mol. The number of nitrogens with two attached hydrogens (primary N) is 1. The zero-order valence-electron chi connectivity index (χ0n) is 21.2. The third-order valence-electron chi connectivity index (χ3n) is 6.03. The van der Waals surface area contributed by atoms with Crippen molar-refractivity contribution in [3.05, 3.63) is 54.1 Å². The summed E-state index contributed by atoms with van der Waals surface area (Å²) in [5.41, 5.74) is 7.41. The lowest BCUT2D eigenvalue weighted by Gasteiger charge is -2.28. The average Bonchev–Trinajstić information content (AvgIpc) is 3.39. The van der Waals surface area contributed by atoms with Crippen LogP contribution in [-0.4, -0.2) is 74.0 Å². The van der Waals surface area contributed by atoms with Crippen LogP contribution in [0.15, 0.2) is 42.9 Å². The molecule has 0 bridgehead atoms. The summed E-state index contributed by atoms with van der Waals surface area (Å²) in [7, 11) is 0. The molecule has 0 aliphatic rings. The fourth-order valence-corrected chi connectivity index (χ4v) is 3.66. The van der Waals surface area contributed by atoms with E-state index in [9.17, 15) is 29.1 Å². The van der Waals surface area contributed by atoms with E-state index in [1.54, 1.807) is 44.2 Å². The number of nitrogens with zero attached hydrogens (tertiary/aromatic N) is 1. The highest BCUT2D eigenvalue weighted by Gasteiger charge is 2.33. The van der Waals surface area contributed by atoms with Crippen LogP contribution < -0.4 is 21.7 Å². The van der Waals surface area contributed by atoms with Crippen LogP contribution >= 0.6 is 0 Å². The summed E-state index contributed by atoms with van der Waals surface area (Å²) >= 11 is 0. The summed E-state index contributed by atoms with van der Waals surface area (Å²) in [6.07, 6.45) is 2.86. The lowest BCUT2D eigenvalue weighted by Crippen LogP contribution is -2.59. The Morgan fingerprint density at radius 3 is 2.16 bits per heavy atom. The fraction of sp³-hybridized carbons (Fsp3) is 0.440. The summed E-state index contributed by atoms with van der Waals surface area (Å²) in [5.74, 6) is -5.47. The Balaban J connectivity index is 2.22. The first kappa shape index (κ1) is 30.0. The molecule has 13 heteroatoms. The number of amides is 3. The molecule has 0 aliphatic carbocycles. The third kappa shape index (κ3) is 9.32. The summed E-state index contributed by atoms with van der Waals surface area (Å²) in [6, 6.07) is 3.96. The molecule has 206 valence electrons. The molecule has 0 saturated carbocycles. The van der Waals surface area contributed by atoms with E-state index in [0.29, 0.717) is 12.1 Å². The van der Waals surface area contributed by atoms with Crippen LogP contribution in [0.2, 0.25) is 0 Å². The second-order valence-electron chi connectivity index (χ2n) is 9.01. The van der Waals surface area contributed by atoms with Crippen molar-refractivity contribution in [2.24, 2.45) is 11.7 Å². The van der Waals surface area contributed by atoms with E-state index < -0.39 is 66.2 Å².